The van der Waals surface area contributed by atoms with Crippen molar-refractivity contribution in [2.45, 2.75) is 23.9 Å². The Hall–Kier alpha value is -2.21. The summed E-state index contributed by atoms with van der Waals surface area (Å²) in [6.45, 7) is -2.51. The maximum atomic E-state index is 13.2. The molecule has 1 aromatic carbocycles. The number of nitro benzene ring substituents is 1. The summed E-state index contributed by atoms with van der Waals surface area (Å²) in [6, 6.07) is 2.79. The molecule has 1 aromatic rings. The van der Waals surface area contributed by atoms with Gasteiger partial charge in [0.15, 0.2) is 6.61 Å². The van der Waals surface area contributed by atoms with E-state index in [1.165, 1.54) is 0 Å². The molecule has 0 aromatic heterocycles. The van der Waals surface area contributed by atoms with E-state index in [0.29, 0.717) is 12.1 Å². The fraction of sp³-hybridized carbons (Fsp3) is 0.455. The van der Waals surface area contributed by atoms with Gasteiger partial charge in [-0.25, -0.2) is 0 Å². The Morgan fingerprint density at radius 2 is 1.33 bits per heavy atom. The van der Waals surface area contributed by atoms with E-state index in [0.717, 1.165) is 12.1 Å². The van der Waals surface area contributed by atoms with Gasteiger partial charge in [-0.05, 0) is 12.1 Å². The zero-order chi connectivity index (χ0) is 19.0. The van der Waals surface area contributed by atoms with Gasteiger partial charge in [0.1, 0.15) is 5.75 Å². The van der Waals surface area contributed by atoms with Crippen molar-refractivity contribution >= 4 is 5.69 Å². The predicted molar refractivity (Wildman–Crippen MR) is 59.5 cm³/mol. The summed E-state index contributed by atoms with van der Waals surface area (Å²) in [7, 11) is 0. The number of halogens is 9. The SMILES string of the molecule is O=[N+]([O-])c1ccc(OCC(F)(F)C(F)(F)C(F)(F)C(F)(F)F)cc1. The van der Waals surface area contributed by atoms with E-state index >= 15 is 0 Å². The second-order valence-electron chi connectivity index (χ2n) is 4.39. The van der Waals surface area contributed by atoms with Crippen molar-refractivity contribution in [2.75, 3.05) is 6.61 Å². The number of benzene rings is 1. The predicted octanol–water partition coefficient (Wildman–Crippen LogP) is 4.44. The van der Waals surface area contributed by atoms with Gasteiger partial charge in [-0.3, -0.25) is 10.1 Å². The van der Waals surface area contributed by atoms with Gasteiger partial charge >= 0.3 is 23.9 Å². The summed E-state index contributed by atoms with van der Waals surface area (Å²) in [5, 5.41) is 10.3. The van der Waals surface area contributed by atoms with Crippen LogP contribution in [0.3, 0.4) is 0 Å². The van der Waals surface area contributed by atoms with Gasteiger partial charge in [-0.2, -0.15) is 39.5 Å². The Kier molecular flexibility index (Phi) is 4.97. The number of non-ortho nitro benzene ring substituents is 1. The van der Waals surface area contributed by atoms with E-state index in [1.54, 1.807) is 0 Å². The number of hydrogen-bond donors (Lipinski definition) is 0. The third kappa shape index (κ3) is 3.48. The highest BCUT2D eigenvalue weighted by molar-refractivity contribution is 5.36. The van der Waals surface area contributed by atoms with E-state index in [4.69, 9.17) is 0 Å². The molecule has 136 valence electrons. The number of alkyl halides is 9. The lowest BCUT2D eigenvalue weighted by atomic mass is 10.0. The smallest absolute Gasteiger partial charge is 0.460 e. The van der Waals surface area contributed by atoms with Gasteiger partial charge in [0.2, 0.25) is 0 Å². The monoisotopic (exact) mass is 371 g/mol. The molecule has 0 atom stereocenters. The van der Waals surface area contributed by atoms with Crippen LogP contribution in [0.1, 0.15) is 0 Å². The molecule has 1 rings (SSSR count). The lowest BCUT2D eigenvalue weighted by molar-refractivity contribution is -0.398. The third-order valence-electron chi connectivity index (χ3n) is 2.68. The van der Waals surface area contributed by atoms with E-state index in [9.17, 15) is 49.6 Å². The molecule has 0 aliphatic rings. The van der Waals surface area contributed by atoms with Crippen LogP contribution in [0.4, 0.5) is 45.2 Å². The van der Waals surface area contributed by atoms with Crippen LogP contribution in [-0.2, 0) is 0 Å². The van der Waals surface area contributed by atoms with Crippen LogP contribution in [0.2, 0.25) is 0 Å². The average molecular weight is 371 g/mol. The first-order chi connectivity index (χ1) is 10.6. The molecule has 0 bridgehead atoms. The van der Waals surface area contributed by atoms with Crippen molar-refractivity contribution in [3.8, 4) is 5.75 Å². The first-order valence-corrected chi connectivity index (χ1v) is 5.71. The van der Waals surface area contributed by atoms with E-state index in [2.05, 4.69) is 4.74 Å². The minimum Gasteiger partial charge on any atom is -0.487 e. The molecule has 24 heavy (non-hydrogen) atoms. The summed E-state index contributed by atoms with van der Waals surface area (Å²) in [5.74, 6) is -20.3. The summed E-state index contributed by atoms with van der Waals surface area (Å²) in [5.41, 5.74) is -0.525. The topological polar surface area (TPSA) is 52.4 Å². The molecule has 0 N–H and O–H groups in total. The Bertz CT molecular complexity index is 598. The van der Waals surface area contributed by atoms with Crippen LogP contribution >= 0.6 is 0 Å². The minimum absolute atomic E-state index is 0.525. The molecular formula is C11H6F9NO3. The van der Waals surface area contributed by atoms with Crippen molar-refractivity contribution in [3.05, 3.63) is 34.4 Å². The maximum Gasteiger partial charge on any atom is 0.460 e. The number of hydrogen-bond acceptors (Lipinski definition) is 3. The van der Waals surface area contributed by atoms with Crippen LogP contribution in [0.5, 0.6) is 5.75 Å². The Balaban J connectivity index is 2.94. The van der Waals surface area contributed by atoms with Crippen molar-refractivity contribution in [1.29, 1.82) is 0 Å². The molecule has 0 aliphatic carbocycles. The van der Waals surface area contributed by atoms with Gasteiger partial charge in [0.25, 0.3) is 5.69 Å². The van der Waals surface area contributed by atoms with Crippen molar-refractivity contribution in [2.24, 2.45) is 0 Å². The van der Waals surface area contributed by atoms with Gasteiger partial charge in [-0.1, -0.05) is 0 Å². The molecule has 0 radical (unpaired) electrons. The largest absolute Gasteiger partial charge is 0.487 e. The molecule has 0 spiro atoms. The highest BCUT2D eigenvalue weighted by Crippen LogP contribution is 2.53. The van der Waals surface area contributed by atoms with Crippen molar-refractivity contribution < 1.29 is 49.2 Å². The molecule has 0 unspecified atom stereocenters. The molecule has 0 amide bonds. The maximum absolute atomic E-state index is 13.2. The summed E-state index contributed by atoms with van der Waals surface area (Å²) in [6.07, 6.45) is -6.91. The second-order valence-corrected chi connectivity index (χ2v) is 4.39. The number of nitrogens with zero attached hydrogens (tertiary/aromatic N) is 1. The first kappa shape index (κ1) is 19.8. The van der Waals surface area contributed by atoms with Crippen LogP contribution in [0.25, 0.3) is 0 Å². The lowest BCUT2D eigenvalue weighted by Gasteiger charge is -2.33. The molecule has 0 fully saturated rings. The summed E-state index contributed by atoms with van der Waals surface area (Å²) < 4.78 is 117. The molecule has 0 aliphatic heterocycles. The van der Waals surface area contributed by atoms with Gasteiger partial charge in [0.05, 0.1) is 4.92 Å². The molecule has 0 saturated heterocycles. The van der Waals surface area contributed by atoms with E-state index < -0.39 is 46.9 Å². The fourth-order valence-electron chi connectivity index (χ4n) is 1.34. The number of ether oxygens (including phenoxy) is 1. The highest BCUT2D eigenvalue weighted by Gasteiger charge is 2.81. The first-order valence-electron chi connectivity index (χ1n) is 5.71. The number of nitro groups is 1. The molecule has 0 saturated carbocycles. The van der Waals surface area contributed by atoms with Gasteiger partial charge in [-0.15, -0.1) is 0 Å². The molecule has 0 heterocycles. The third-order valence-corrected chi connectivity index (χ3v) is 2.68. The fourth-order valence-corrected chi connectivity index (χ4v) is 1.34. The summed E-state index contributed by atoms with van der Waals surface area (Å²) >= 11 is 0. The number of rotatable bonds is 6. The highest BCUT2D eigenvalue weighted by atomic mass is 19.4. The quantitative estimate of drug-likeness (QED) is 0.422. The Morgan fingerprint density at radius 3 is 1.71 bits per heavy atom. The molecule has 4 nitrogen and oxygen atoms in total. The van der Waals surface area contributed by atoms with Gasteiger partial charge in [0, 0.05) is 12.1 Å². The minimum atomic E-state index is -7.00. The van der Waals surface area contributed by atoms with Crippen molar-refractivity contribution in [3.63, 3.8) is 0 Å². The second kappa shape index (κ2) is 6.02. The van der Waals surface area contributed by atoms with Crippen LogP contribution in [0.15, 0.2) is 24.3 Å². The van der Waals surface area contributed by atoms with Crippen LogP contribution < -0.4 is 4.74 Å². The molecular weight excluding hydrogens is 365 g/mol. The lowest BCUT2D eigenvalue weighted by Crippen LogP contribution is -2.62. The van der Waals surface area contributed by atoms with E-state index in [-0.39, 0.29) is 0 Å². The van der Waals surface area contributed by atoms with Gasteiger partial charge < -0.3 is 4.74 Å². The normalized spacial score (nSPS) is 13.7. The Morgan fingerprint density at radius 1 is 0.875 bits per heavy atom. The van der Waals surface area contributed by atoms with Crippen molar-refractivity contribution in [1.82, 2.24) is 0 Å². The zero-order valence-electron chi connectivity index (χ0n) is 11.1. The summed E-state index contributed by atoms with van der Waals surface area (Å²) in [4.78, 5) is 9.43. The van der Waals surface area contributed by atoms with Crippen LogP contribution in [-0.4, -0.2) is 35.5 Å². The van der Waals surface area contributed by atoms with Crippen LogP contribution in [0, 0.1) is 10.1 Å². The molecule has 13 heteroatoms. The Labute approximate surface area is 127 Å². The van der Waals surface area contributed by atoms with E-state index in [1.807, 2.05) is 0 Å². The standard InChI is InChI=1S/C11H6F9NO3/c12-8(13,9(14,15)10(16,17)11(18,19)20)5-24-7-3-1-6(2-4-7)21(22)23/h1-4H,5H2. The zero-order valence-corrected chi connectivity index (χ0v) is 11.1. The average Bonchev–Trinajstić information content (AvgIpc) is 2.44.